The highest BCUT2D eigenvalue weighted by atomic mass is 35.5. The molecule has 0 radical (unpaired) electrons. The van der Waals surface area contributed by atoms with Crippen LogP contribution in [-0.2, 0) is 0 Å². The van der Waals surface area contributed by atoms with E-state index < -0.39 is 0 Å². The van der Waals surface area contributed by atoms with Gasteiger partial charge in [0.1, 0.15) is 5.52 Å². The molecule has 0 amide bonds. The molecule has 0 unspecified atom stereocenters. The summed E-state index contributed by atoms with van der Waals surface area (Å²) in [4.78, 5) is 9.00. The average Bonchev–Trinajstić information content (AvgIpc) is 3.07. The number of benzene rings is 3. The summed E-state index contributed by atoms with van der Waals surface area (Å²) in [6.45, 7) is 0. The van der Waals surface area contributed by atoms with Crippen molar-refractivity contribution in [2.75, 3.05) is 0 Å². The second kappa shape index (κ2) is 6.71. The molecule has 5 heteroatoms. The molecular weight excluding hydrogens is 355 g/mol. The molecule has 4 rings (SSSR count). The van der Waals surface area contributed by atoms with Crippen LogP contribution in [0.3, 0.4) is 0 Å². The minimum atomic E-state index is 0.505. The molecule has 0 aliphatic carbocycles. The van der Waals surface area contributed by atoms with Crippen LogP contribution in [0.25, 0.3) is 22.6 Å². The summed E-state index contributed by atoms with van der Waals surface area (Å²) in [6, 6.07) is 20.8. The zero-order valence-electron chi connectivity index (χ0n) is 13.0. The molecule has 1 aromatic heterocycles. The molecule has 0 saturated heterocycles. The van der Waals surface area contributed by atoms with Gasteiger partial charge in [0, 0.05) is 11.8 Å². The first-order valence-electron chi connectivity index (χ1n) is 7.64. The number of oxazole rings is 1. The molecule has 3 nitrogen and oxygen atoms in total. The third-order valence-electron chi connectivity index (χ3n) is 3.69. The number of para-hydroxylation sites is 2. The number of rotatable bonds is 3. The summed E-state index contributed by atoms with van der Waals surface area (Å²) in [7, 11) is 0. The second-order valence-electron chi connectivity index (χ2n) is 5.47. The molecule has 0 atom stereocenters. The molecule has 4 aromatic rings. The molecule has 0 N–H and O–H groups in total. The Morgan fingerprint density at radius 2 is 1.76 bits per heavy atom. The number of hydrogen-bond donors (Lipinski definition) is 0. The van der Waals surface area contributed by atoms with Crippen LogP contribution in [0.1, 0.15) is 5.56 Å². The molecule has 25 heavy (non-hydrogen) atoms. The van der Waals surface area contributed by atoms with Gasteiger partial charge in [0.2, 0.25) is 5.89 Å². The molecule has 0 saturated carbocycles. The Morgan fingerprint density at radius 3 is 2.60 bits per heavy atom. The Labute approximate surface area is 154 Å². The molecular formula is C20H12Cl2N2O. The highest BCUT2D eigenvalue weighted by Gasteiger charge is 2.07. The lowest BCUT2D eigenvalue weighted by molar-refractivity contribution is 0.620. The quantitative estimate of drug-likeness (QED) is 0.385. The van der Waals surface area contributed by atoms with Gasteiger partial charge in [-0.25, -0.2) is 4.98 Å². The van der Waals surface area contributed by atoms with Crippen LogP contribution in [0.4, 0.5) is 5.69 Å². The molecule has 0 aliphatic heterocycles. The van der Waals surface area contributed by atoms with Crippen molar-refractivity contribution in [3.63, 3.8) is 0 Å². The van der Waals surface area contributed by atoms with Gasteiger partial charge in [-0.1, -0.05) is 47.5 Å². The van der Waals surface area contributed by atoms with Gasteiger partial charge in [-0.3, -0.25) is 4.99 Å². The van der Waals surface area contributed by atoms with Crippen molar-refractivity contribution >= 4 is 46.2 Å². The van der Waals surface area contributed by atoms with Gasteiger partial charge in [-0.2, -0.15) is 0 Å². The number of nitrogens with zero attached hydrogens (tertiary/aromatic N) is 2. The van der Waals surface area contributed by atoms with E-state index in [4.69, 9.17) is 27.6 Å². The smallest absolute Gasteiger partial charge is 0.227 e. The van der Waals surface area contributed by atoms with Gasteiger partial charge in [-0.15, -0.1) is 0 Å². The van der Waals surface area contributed by atoms with Crippen LogP contribution in [0.5, 0.6) is 0 Å². The fraction of sp³-hybridized carbons (Fsp3) is 0. The van der Waals surface area contributed by atoms with Crippen molar-refractivity contribution in [3.05, 3.63) is 82.3 Å². The fourth-order valence-corrected chi connectivity index (χ4v) is 2.76. The molecule has 0 fully saturated rings. The van der Waals surface area contributed by atoms with E-state index in [1.54, 1.807) is 18.3 Å². The first-order chi connectivity index (χ1) is 12.2. The molecule has 0 spiro atoms. The third kappa shape index (κ3) is 3.43. The molecule has 0 aliphatic rings. The van der Waals surface area contributed by atoms with Crippen LogP contribution >= 0.6 is 23.2 Å². The lowest BCUT2D eigenvalue weighted by Gasteiger charge is -1.99. The van der Waals surface area contributed by atoms with Crippen LogP contribution in [0, 0.1) is 0 Å². The van der Waals surface area contributed by atoms with Crippen molar-refractivity contribution in [1.29, 1.82) is 0 Å². The molecule has 122 valence electrons. The van der Waals surface area contributed by atoms with E-state index in [1.165, 1.54) is 0 Å². The minimum absolute atomic E-state index is 0.505. The van der Waals surface area contributed by atoms with Crippen LogP contribution in [0.2, 0.25) is 10.0 Å². The van der Waals surface area contributed by atoms with E-state index in [0.717, 1.165) is 27.9 Å². The van der Waals surface area contributed by atoms with Crippen LogP contribution in [-0.4, -0.2) is 11.2 Å². The van der Waals surface area contributed by atoms with Crippen molar-refractivity contribution in [3.8, 4) is 11.5 Å². The first-order valence-corrected chi connectivity index (χ1v) is 8.40. The van der Waals surface area contributed by atoms with E-state index in [2.05, 4.69) is 9.98 Å². The van der Waals surface area contributed by atoms with E-state index in [9.17, 15) is 0 Å². The van der Waals surface area contributed by atoms with Crippen LogP contribution < -0.4 is 0 Å². The second-order valence-corrected chi connectivity index (χ2v) is 6.28. The zero-order chi connectivity index (χ0) is 17.2. The van der Waals surface area contributed by atoms with E-state index in [1.807, 2.05) is 54.6 Å². The monoisotopic (exact) mass is 366 g/mol. The van der Waals surface area contributed by atoms with Crippen molar-refractivity contribution in [1.82, 2.24) is 4.98 Å². The lowest BCUT2D eigenvalue weighted by atomic mass is 10.2. The van der Waals surface area contributed by atoms with Crippen molar-refractivity contribution in [2.45, 2.75) is 0 Å². The maximum atomic E-state index is 6.03. The Bertz CT molecular complexity index is 1050. The van der Waals surface area contributed by atoms with E-state index in [0.29, 0.717) is 15.9 Å². The highest BCUT2D eigenvalue weighted by molar-refractivity contribution is 6.42. The number of halogens is 2. The molecule has 0 bridgehead atoms. The minimum Gasteiger partial charge on any atom is -0.436 e. The number of aliphatic imine (C=N–C) groups is 1. The largest absolute Gasteiger partial charge is 0.436 e. The summed E-state index contributed by atoms with van der Waals surface area (Å²) < 4.78 is 5.81. The maximum Gasteiger partial charge on any atom is 0.227 e. The fourth-order valence-electron chi connectivity index (χ4n) is 2.46. The highest BCUT2D eigenvalue weighted by Crippen LogP contribution is 2.27. The van der Waals surface area contributed by atoms with Gasteiger partial charge in [0.05, 0.1) is 15.7 Å². The first kappa shape index (κ1) is 15.9. The Balaban J connectivity index is 1.64. The van der Waals surface area contributed by atoms with Gasteiger partial charge in [0.15, 0.2) is 5.58 Å². The third-order valence-corrected chi connectivity index (χ3v) is 4.43. The van der Waals surface area contributed by atoms with Crippen molar-refractivity contribution < 1.29 is 4.42 Å². The van der Waals surface area contributed by atoms with Gasteiger partial charge < -0.3 is 4.42 Å². The van der Waals surface area contributed by atoms with Crippen molar-refractivity contribution in [2.24, 2.45) is 4.99 Å². The predicted octanol–water partition coefficient (Wildman–Crippen LogP) is 6.55. The summed E-state index contributed by atoms with van der Waals surface area (Å²) in [5.41, 5.74) is 4.15. The predicted molar refractivity (Wildman–Crippen MR) is 103 cm³/mol. The number of fused-ring (bicyclic) bond motifs is 1. The summed E-state index contributed by atoms with van der Waals surface area (Å²) in [5.74, 6) is 0.577. The molecule has 1 heterocycles. The Morgan fingerprint density at radius 1 is 0.880 bits per heavy atom. The molecule has 3 aromatic carbocycles. The lowest BCUT2D eigenvalue weighted by Crippen LogP contribution is -1.81. The number of aromatic nitrogens is 1. The van der Waals surface area contributed by atoms with Gasteiger partial charge in [-0.05, 0) is 48.0 Å². The van der Waals surface area contributed by atoms with E-state index >= 15 is 0 Å². The van der Waals surface area contributed by atoms with Gasteiger partial charge >= 0.3 is 0 Å². The zero-order valence-corrected chi connectivity index (χ0v) is 14.5. The standard InChI is InChI=1S/C20H12Cl2N2O/c21-16-9-8-13(10-17(16)22)12-23-15-5-3-4-14(11-15)20-24-18-6-1-2-7-19(18)25-20/h1-12H. The average molecular weight is 367 g/mol. The Kier molecular flexibility index (Phi) is 4.26. The van der Waals surface area contributed by atoms with Crippen LogP contribution in [0.15, 0.2) is 76.1 Å². The van der Waals surface area contributed by atoms with E-state index in [-0.39, 0.29) is 0 Å². The summed E-state index contributed by atoms with van der Waals surface area (Å²) in [6.07, 6.45) is 1.74. The normalized spacial score (nSPS) is 11.4. The maximum absolute atomic E-state index is 6.03. The van der Waals surface area contributed by atoms with Gasteiger partial charge in [0.25, 0.3) is 0 Å². The SMILES string of the molecule is Clc1ccc(C=Nc2cccc(-c3nc4ccccc4o3)c2)cc1Cl. The number of hydrogen-bond acceptors (Lipinski definition) is 3. The Hall–Kier alpha value is -2.62. The summed E-state index contributed by atoms with van der Waals surface area (Å²) in [5, 5.41) is 1.03. The summed E-state index contributed by atoms with van der Waals surface area (Å²) >= 11 is 12.0. The topological polar surface area (TPSA) is 38.4 Å².